The molecule has 2 N–H and O–H groups in total. The Labute approximate surface area is 132 Å². The lowest BCUT2D eigenvalue weighted by molar-refractivity contribution is 0.646. The highest BCUT2D eigenvalue weighted by molar-refractivity contribution is 6.31. The van der Waals surface area contributed by atoms with Crippen molar-refractivity contribution in [1.29, 1.82) is 0 Å². The Hall–Kier alpha value is -1.51. The third-order valence-electron chi connectivity index (χ3n) is 3.76. The zero-order valence-corrected chi connectivity index (χ0v) is 13.5. The predicted octanol–water partition coefficient (Wildman–Crippen LogP) is 4.78. The Kier molecular flexibility index (Phi) is 5.66. The van der Waals surface area contributed by atoms with E-state index in [4.69, 9.17) is 17.3 Å². The first-order valence-corrected chi connectivity index (χ1v) is 7.90. The molecule has 0 aliphatic heterocycles. The molecule has 0 heterocycles. The highest BCUT2D eigenvalue weighted by Crippen LogP contribution is 2.33. The van der Waals surface area contributed by atoms with Crippen molar-refractivity contribution >= 4 is 23.0 Å². The smallest absolute Gasteiger partial charge is 0.0459 e. The summed E-state index contributed by atoms with van der Waals surface area (Å²) in [6.07, 6.45) is 1.75. The van der Waals surface area contributed by atoms with Crippen LogP contribution < -0.4 is 10.6 Å². The molecule has 2 aromatic carbocycles. The van der Waals surface area contributed by atoms with E-state index in [1.54, 1.807) is 0 Å². The van der Waals surface area contributed by atoms with Gasteiger partial charge in [0, 0.05) is 29.0 Å². The van der Waals surface area contributed by atoms with E-state index in [1.807, 2.05) is 18.2 Å². The van der Waals surface area contributed by atoms with Gasteiger partial charge < -0.3 is 10.6 Å². The largest absolute Gasteiger partial charge is 0.342 e. The molecular weight excluding hydrogens is 280 g/mol. The monoisotopic (exact) mass is 302 g/mol. The maximum Gasteiger partial charge on any atom is 0.0459 e. The van der Waals surface area contributed by atoms with Gasteiger partial charge in [-0.3, -0.25) is 0 Å². The predicted molar refractivity (Wildman–Crippen MR) is 92.5 cm³/mol. The van der Waals surface area contributed by atoms with Crippen LogP contribution in [0, 0.1) is 0 Å². The number of rotatable bonds is 6. The summed E-state index contributed by atoms with van der Waals surface area (Å²) in [5, 5.41) is 0.797. The van der Waals surface area contributed by atoms with Crippen LogP contribution in [0.15, 0.2) is 48.5 Å². The molecule has 0 bridgehead atoms. The number of nitrogens with zero attached hydrogens (tertiary/aromatic N) is 1. The Morgan fingerprint density at radius 3 is 2.38 bits per heavy atom. The Bertz CT molecular complexity index is 569. The summed E-state index contributed by atoms with van der Waals surface area (Å²) in [7, 11) is 0. The average Bonchev–Trinajstić information content (AvgIpc) is 2.52. The topological polar surface area (TPSA) is 29.3 Å². The third kappa shape index (κ3) is 3.78. The average molecular weight is 303 g/mol. The second kappa shape index (κ2) is 7.48. The first-order chi connectivity index (χ1) is 10.2. The lowest BCUT2D eigenvalue weighted by Gasteiger charge is -2.27. The second-order valence-electron chi connectivity index (χ2n) is 5.19. The summed E-state index contributed by atoms with van der Waals surface area (Å²) in [5.74, 6) is 0. The lowest BCUT2D eigenvalue weighted by atomic mass is 10.0. The molecule has 0 aromatic heterocycles. The summed E-state index contributed by atoms with van der Waals surface area (Å²) >= 11 is 6.44. The van der Waals surface area contributed by atoms with Crippen LogP contribution in [0.5, 0.6) is 0 Å². The van der Waals surface area contributed by atoms with E-state index >= 15 is 0 Å². The van der Waals surface area contributed by atoms with Crippen LogP contribution in [-0.2, 0) is 6.42 Å². The van der Waals surface area contributed by atoms with Crippen LogP contribution in [0.2, 0.25) is 5.02 Å². The summed E-state index contributed by atoms with van der Waals surface area (Å²) in [6, 6.07) is 16.6. The summed E-state index contributed by atoms with van der Waals surface area (Å²) in [4.78, 5) is 2.28. The normalized spacial score (nSPS) is 12.2. The first-order valence-electron chi connectivity index (χ1n) is 7.52. The van der Waals surface area contributed by atoms with E-state index in [0.717, 1.165) is 35.7 Å². The Morgan fingerprint density at radius 2 is 1.76 bits per heavy atom. The summed E-state index contributed by atoms with van der Waals surface area (Å²) < 4.78 is 0. The Balaban J connectivity index is 2.44. The van der Waals surface area contributed by atoms with Gasteiger partial charge in [0.1, 0.15) is 0 Å². The molecule has 0 saturated heterocycles. The number of nitrogens with two attached hydrogens (primary N) is 1. The van der Waals surface area contributed by atoms with E-state index in [9.17, 15) is 0 Å². The van der Waals surface area contributed by atoms with E-state index in [1.165, 1.54) is 5.69 Å². The molecule has 3 heteroatoms. The molecule has 0 radical (unpaired) electrons. The van der Waals surface area contributed by atoms with E-state index in [0.29, 0.717) is 0 Å². The molecule has 1 unspecified atom stereocenters. The van der Waals surface area contributed by atoms with Crippen LogP contribution >= 0.6 is 11.6 Å². The van der Waals surface area contributed by atoms with Gasteiger partial charge in [0.25, 0.3) is 0 Å². The van der Waals surface area contributed by atoms with Crippen molar-refractivity contribution in [3.8, 4) is 0 Å². The van der Waals surface area contributed by atoms with Gasteiger partial charge in [0.15, 0.2) is 0 Å². The second-order valence-corrected chi connectivity index (χ2v) is 5.60. The van der Waals surface area contributed by atoms with Crippen molar-refractivity contribution in [3.63, 3.8) is 0 Å². The van der Waals surface area contributed by atoms with E-state index in [-0.39, 0.29) is 6.04 Å². The SMILES string of the molecule is CCC(N)Cc1c(Cl)cccc1N(CC)c1ccccc1. The third-order valence-corrected chi connectivity index (χ3v) is 4.11. The van der Waals surface area contributed by atoms with Gasteiger partial charge in [-0.1, -0.05) is 42.8 Å². The fourth-order valence-electron chi connectivity index (χ4n) is 2.51. The van der Waals surface area contributed by atoms with Crippen LogP contribution in [-0.4, -0.2) is 12.6 Å². The van der Waals surface area contributed by atoms with Gasteiger partial charge in [0.05, 0.1) is 0 Å². The van der Waals surface area contributed by atoms with Gasteiger partial charge in [-0.05, 0) is 49.6 Å². The number of hydrogen-bond acceptors (Lipinski definition) is 2. The van der Waals surface area contributed by atoms with Crippen molar-refractivity contribution < 1.29 is 0 Å². The zero-order valence-electron chi connectivity index (χ0n) is 12.7. The minimum Gasteiger partial charge on any atom is -0.342 e. The van der Waals surface area contributed by atoms with Crippen LogP contribution in [0.25, 0.3) is 0 Å². The highest BCUT2D eigenvalue weighted by Gasteiger charge is 2.16. The summed E-state index contributed by atoms with van der Waals surface area (Å²) in [5.41, 5.74) is 9.61. The Morgan fingerprint density at radius 1 is 1.05 bits per heavy atom. The molecule has 2 rings (SSSR count). The molecule has 2 aromatic rings. The lowest BCUT2D eigenvalue weighted by Crippen LogP contribution is -2.24. The fourth-order valence-corrected chi connectivity index (χ4v) is 2.76. The number of anilines is 2. The molecule has 2 nitrogen and oxygen atoms in total. The van der Waals surface area contributed by atoms with Crippen LogP contribution in [0.4, 0.5) is 11.4 Å². The molecule has 0 aliphatic carbocycles. The van der Waals surface area contributed by atoms with Crippen LogP contribution in [0.1, 0.15) is 25.8 Å². The standard InChI is InChI=1S/C18H23ClN2/c1-3-14(20)13-16-17(19)11-8-12-18(16)21(4-2)15-9-6-5-7-10-15/h5-12,14H,3-4,13,20H2,1-2H3. The molecular formula is C18H23ClN2. The number of para-hydroxylation sites is 1. The first kappa shape index (κ1) is 15.9. The van der Waals surface area contributed by atoms with Crippen molar-refractivity contribution in [1.82, 2.24) is 0 Å². The molecule has 0 saturated carbocycles. The van der Waals surface area contributed by atoms with Crippen molar-refractivity contribution in [3.05, 3.63) is 59.1 Å². The minimum absolute atomic E-state index is 0.137. The maximum absolute atomic E-state index is 6.44. The number of hydrogen-bond donors (Lipinski definition) is 1. The van der Waals surface area contributed by atoms with E-state index in [2.05, 4.69) is 49.1 Å². The molecule has 0 aliphatic rings. The quantitative estimate of drug-likeness (QED) is 0.832. The highest BCUT2D eigenvalue weighted by atomic mass is 35.5. The van der Waals surface area contributed by atoms with Crippen LogP contribution in [0.3, 0.4) is 0 Å². The van der Waals surface area contributed by atoms with E-state index < -0.39 is 0 Å². The zero-order chi connectivity index (χ0) is 15.2. The number of benzene rings is 2. The molecule has 21 heavy (non-hydrogen) atoms. The fraction of sp³-hybridized carbons (Fsp3) is 0.333. The molecule has 0 spiro atoms. The van der Waals surface area contributed by atoms with Crippen molar-refractivity contribution in [2.45, 2.75) is 32.7 Å². The van der Waals surface area contributed by atoms with Crippen molar-refractivity contribution in [2.75, 3.05) is 11.4 Å². The maximum atomic E-state index is 6.44. The number of halogens is 1. The molecule has 0 amide bonds. The van der Waals surface area contributed by atoms with Gasteiger partial charge >= 0.3 is 0 Å². The molecule has 112 valence electrons. The minimum atomic E-state index is 0.137. The molecule has 1 atom stereocenters. The van der Waals surface area contributed by atoms with Gasteiger partial charge in [0.2, 0.25) is 0 Å². The molecule has 0 fully saturated rings. The van der Waals surface area contributed by atoms with Gasteiger partial charge in [-0.15, -0.1) is 0 Å². The van der Waals surface area contributed by atoms with Gasteiger partial charge in [-0.25, -0.2) is 0 Å². The summed E-state index contributed by atoms with van der Waals surface area (Å²) in [6.45, 7) is 5.14. The van der Waals surface area contributed by atoms with Crippen molar-refractivity contribution in [2.24, 2.45) is 5.73 Å². The van der Waals surface area contributed by atoms with Gasteiger partial charge in [-0.2, -0.15) is 0 Å².